The largest absolute Gasteiger partial charge is 0.313 e. The predicted molar refractivity (Wildman–Crippen MR) is 41.3 cm³/mol. The number of rotatable bonds is 2. The molecule has 1 aliphatic rings. The second-order valence-electron chi connectivity index (χ2n) is 2.24. The minimum Gasteiger partial charge on any atom is -0.313 e. The zero-order valence-corrected chi connectivity index (χ0v) is 6.45. The fourth-order valence-corrected chi connectivity index (χ4v) is 1.13. The third kappa shape index (κ3) is 1.82. The summed E-state index contributed by atoms with van der Waals surface area (Å²) in [4.78, 5) is 10.9. The van der Waals surface area contributed by atoms with Crippen molar-refractivity contribution < 1.29 is 4.79 Å². The summed E-state index contributed by atoms with van der Waals surface area (Å²) in [5.74, 6) is 0.189. The lowest BCUT2D eigenvalue weighted by Gasteiger charge is -2.10. The van der Waals surface area contributed by atoms with E-state index in [2.05, 4.69) is 5.32 Å². The van der Waals surface area contributed by atoms with E-state index < -0.39 is 0 Å². The van der Waals surface area contributed by atoms with Crippen LogP contribution in [0.1, 0.15) is 6.42 Å². The second-order valence-corrected chi connectivity index (χ2v) is 2.51. The first-order valence-corrected chi connectivity index (χ1v) is 3.87. The fraction of sp³-hybridized carbons (Fsp3) is 0.571. The number of hydrogen-bond acceptors (Lipinski definition) is 2. The van der Waals surface area contributed by atoms with Gasteiger partial charge in [0, 0.05) is 6.54 Å². The minimum atomic E-state index is 0.0724. The molecule has 0 aromatic carbocycles. The number of alkyl halides is 1. The van der Waals surface area contributed by atoms with Gasteiger partial charge in [-0.3, -0.25) is 4.79 Å². The van der Waals surface area contributed by atoms with Crippen molar-refractivity contribution in [2.75, 3.05) is 19.0 Å². The first-order valence-electron chi connectivity index (χ1n) is 3.33. The van der Waals surface area contributed by atoms with Crippen LogP contribution in [0.3, 0.4) is 0 Å². The summed E-state index contributed by atoms with van der Waals surface area (Å²) in [6, 6.07) is 0. The molecule has 1 rings (SSSR count). The molecule has 0 unspecified atom stereocenters. The van der Waals surface area contributed by atoms with Gasteiger partial charge < -0.3 is 5.32 Å². The maximum Gasteiger partial charge on any atom is 0.173 e. The Hall–Kier alpha value is -0.340. The number of halogens is 1. The fourth-order valence-electron chi connectivity index (χ4n) is 0.962. The lowest BCUT2D eigenvalue weighted by molar-refractivity contribution is -0.113. The molecule has 0 fully saturated rings. The van der Waals surface area contributed by atoms with Gasteiger partial charge in [0.25, 0.3) is 0 Å². The van der Waals surface area contributed by atoms with Crippen LogP contribution in [0.2, 0.25) is 0 Å². The first kappa shape index (κ1) is 7.76. The lowest BCUT2D eigenvalue weighted by atomic mass is 10.1. The van der Waals surface area contributed by atoms with E-state index in [1.165, 1.54) is 0 Å². The van der Waals surface area contributed by atoms with E-state index in [-0.39, 0.29) is 11.7 Å². The van der Waals surface area contributed by atoms with E-state index in [4.69, 9.17) is 11.6 Å². The molecule has 0 saturated heterocycles. The molecule has 10 heavy (non-hydrogen) atoms. The quantitative estimate of drug-likeness (QED) is 0.602. The average molecular weight is 160 g/mol. The van der Waals surface area contributed by atoms with Crippen molar-refractivity contribution in [1.29, 1.82) is 0 Å². The van der Waals surface area contributed by atoms with Crippen LogP contribution in [0.15, 0.2) is 11.6 Å². The third-order valence-corrected chi connectivity index (χ3v) is 1.79. The summed E-state index contributed by atoms with van der Waals surface area (Å²) in [7, 11) is 0. The van der Waals surface area contributed by atoms with Crippen LogP contribution in [0.25, 0.3) is 0 Å². The lowest BCUT2D eigenvalue weighted by Crippen LogP contribution is -2.23. The van der Waals surface area contributed by atoms with E-state index in [1.807, 2.05) is 6.08 Å². The predicted octanol–water partition coefficient (Wildman–Crippen LogP) is 0.714. The van der Waals surface area contributed by atoms with E-state index in [0.717, 1.165) is 25.1 Å². The Labute approximate surface area is 65.2 Å². The van der Waals surface area contributed by atoms with Gasteiger partial charge in [-0.2, -0.15) is 0 Å². The Morgan fingerprint density at radius 3 is 3.10 bits per heavy atom. The summed E-state index contributed by atoms with van der Waals surface area (Å²) in [6.07, 6.45) is 2.74. The Bertz CT molecular complexity index is 165. The molecule has 1 heterocycles. The molecule has 0 bridgehead atoms. The normalized spacial score (nSPS) is 18.3. The minimum absolute atomic E-state index is 0.0724. The van der Waals surface area contributed by atoms with Gasteiger partial charge in [0.15, 0.2) is 5.78 Å². The SMILES string of the molecule is O=C(CCl)C1=CCNCC1. The highest BCUT2D eigenvalue weighted by Gasteiger charge is 2.09. The van der Waals surface area contributed by atoms with Crippen molar-refractivity contribution in [2.45, 2.75) is 6.42 Å². The topological polar surface area (TPSA) is 29.1 Å². The molecule has 1 N–H and O–H groups in total. The Kier molecular flexibility index (Phi) is 2.90. The van der Waals surface area contributed by atoms with Gasteiger partial charge in [0.1, 0.15) is 0 Å². The zero-order chi connectivity index (χ0) is 7.40. The van der Waals surface area contributed by atoms with Gasteiger partial charge in [-0.05, 0) is 18.5 Å². The second kappa shape index (κ2) is 3.74. The zero-order valence-electron chi connectivity index (χ0n) is 5.69. The molecule has 0 radical (unpaired) electrons. The van der Waals surface area contributed by atoms with E-state index in [9.17, 15) is 4.79 Å². The van der Waals surface area contributed by atoms with E-state index in [0.29, 0.717) is 0 Å². The number of hydrogen-bond donors (Lipinski definition) is 1. The smallest absolute Gasteiger partial charge is 0.173 e. The van der Waals surface area contributed by atoms with Crippen LogP contribution in [-0.2, 0) is 4.79 Å². The number of Topliss-reactive ketones (excluding diaryl/α,β-unsaturated/α-hetero) is 1. The molecule has 1 aliphatic heterocycles. The van der Waals surface area contributed by atoms with Crippen LogP contribution < -0.4 is 5.32 Å². The Morgan fingerprint density at radius 1 is 1.80 bits per heavy atom. The molecule has 0 atom stereocenters. The highest BCUT2D eigenvalue weighted by Crippen LogP contribution is 2.05. The maximum atomic E-state index is 10.9. The molecular formula is C7H10ClNO. The monoisotopic (exact) mass is 159 g/mol. The Morgan fingerprint density at radius 2 is 2.60 bits per heavy atom. The molecule has 56 valence electrons. The van der Waals surface area contributed by atoms with Crippen molar-refractivity contribution in [1.82, 2.24) is 5.32 Å². The summed E-state index contributed by atoms with van der Waals surface area (Å²) < 4.78 is 0. The standard InChI is InChI=1S/C7H10ClNO/c8-5-7(10)6-1-3-9-4-2-6/h1,9H,2-5H2. The molecule has 0 amide bonds. The third-order valence-electron chi connectivity index (χ3n) is 1.54. The maximum absolute atomic E-state index is 10.9. The number of ketones is 1. The van der Waals surface area contributed by atoms with Crippen LogP contribution in [0.4, 0.5) is 0 Å². The molecule has 0 spiro atoms. The van der Waals surface area contributed by atoms with Gasteiger partial charge in [-0.1, -0.05) is 6.08 Å². The van der Waals surface area contributed by atoms with Gasteiger partial charge in [-0.25, -0.2) is 0 Å². The highest BCUT2D eigenvalue weighted by molar-refractivity contribution is 6.30. The van der Waals surface area contributed by atoms with Gasteiger partial charge in [-0.15, -0.1) is 11.6 Å². The van der Waals surface area contributed by atoms with Crippen LogP contribution >= 0.6 is 11.6 Å². The Balaban J connectivity index is 2.53. The van der Waals surface area contributed by atoms with Crippen molar-refractivity contribution >= 4 is 17.4 Å². The molecule has 0 aromatic rings. The number of carbonyl (C=O) groups excluding carboxylic acids is 1. The first-order chi connectivity index (χ1) is 4.84. The summed E-state index contributed by atoms with van der Waals surface area (Å²) >= 11 is 5.37. The van der Waals surface area contributed by atoms with Gasteiger partial charge >= 0.3 is 0 Å². The summed E-state index contributed by atoms with van der Waals surface area (Å²) in [5, 5.41) is 3.12. The van der Waals surface area contributed by atoms with Crippen molar-refractivity contribution in [2.24, 2.45) is 0 Å². The van der Waals surface area contributed by atoms with Crippen LogP contribution in [0, 0.1) is 0 Å². The molecule has 0 aliphatic carbocycles. The van der Waals surface area contributed by atoms with Crippen molar-refractivity contribution in [3.05, 3.63) is 11.6 Å². The van der Waals surface area contributed by atoms with Crippen LogP contribution in [0.5, 0.6) is 0 Å². The van der Waals surface area contributed by atoms with E-state index >= 15 is 0 Å². The van der Waals surface area contributed by atoms with E-state index in [1.54, 1.807) is 0 Å². The van der Waals surface area contributed by atoms with Crippen molar-refractivity contribution in [3.8, 4) is 0 Å². The van der Waals surface area contributed by atoms with Gasteiger partial charge in [0.2, 0.25) is 0 Å². The molecule has 2 nitrogen and oxygen atoms in total. The molecule has 3 heteroatoms. The molecule has 0 saturated carbocycles. The van der Waals surface area contributed by atoms with Crippen molar-refractivity contribution in [3.63, 3.8) is 0 Å². The highest BCUT2D eigenvalue weighted by atomic mass is 35.5. The molecule has 0 aromatic heterocycles. The summed E-state index contributed by atoms with van der Waals surface area (Å²) in [5.41, 5.74) is 0.883. The average Bonchev–Trinajstić information content (AvgIpc) is 2.05. The van der Waals surface area contributed by atoms with Crippen LogP contribution in [-0.4, -0.2) is 24.8 Å². The summed E-state index contributed by atoms with van der Waals surface area (Å²) in [6.45, 7) is 1.70. The number of carbonyl (C=O) groups is 1. The molecular weight excluding hydrogens is 150 g/mol. The number of nitrogens with one attached hydrogen (secondary N) is 1. The van der Waals surface area contributed by atoms with Gasteiger partial charge in [0.05, 0.1) is 5.88 Å².